The fourth-order valence-corrected chi connectivity index (χ4v) is 4.40. The van der Waals surface area contributed by atoms with Crippen LogP contribution in [-0.4, -0.2) is 47.0 Å². The fraction of sp³-hybridized carbons (Fsp3) is 0.650. The van der Waals surface area contributed by atoms with Crippen LogP contribution in [0.4, 0.5) is 0 Å². The third kappa shape index (κ3) is 8.37. The Kier molecular flexibility index (Phi) is 11.4. The molecule has 1 saturated heterocycles. The average molecular weight is 491 g/mol. The smallest absolute Gasteiger partial charge is 0.193 e. The number of rotatable bonds is 8. The molecule has 1 heterocycles. The zero-order valence-electron chi connectivity index (χ0n) is 16.3. The van der Waals surface area contributed by atoms with Gasteiger partial charge >= 0.3 is 0 Å². The first kappa shape index (κ1) is 23.4. The zero-order chi connectivity index (χ0) is 18.1. The maximum absolute atomic E-state index is 12.3. The van der Waals surface area contributed by atoms with Gasteiger partial charge in [0.05, 0.1) is 6.54 Å². The van der Waals surface area contributed by atoms with E-state index in [2.05, 4.69) is 31.0 Å². The molecular formula is C20H34IN3OS. The molecule has 0 saturated carbocycles. The second kappa shape index (κ2) is 12.7. The molecule has 1 N–H and O–H groups in total. The van der Waals surface area contributed by atoms with Gasteiger partial charge in [0.15, 0.2) is 5.96 Å². The summed E-state index contributed by atoms with van der Waals surface area (Å²) in [7, 11) is -0.861. The van der Waals surface area contributed by atoms with Crippen molar-refractivity contribution in [2.45, 2.75) is 39.4 Å². The van der Waals surface area contributed by atoms with Gasteiger partial charge in [-0.2, -0.15) is 0 Å². The third-order valence-electron chi connectivity index (χ3n) is 4.48. The van der Waals surface area contributed by atoms with Crippen LogP contribution in [-0.2, 0) is 16.6 Å². The van der Waals surface area contributed by atoms with Crippen molar-refractivity contribution in [3.05, 3.63) is 35.9 Å². The van der Waals surface area contributed by atoms with Gasteiger partial charge in [0, 0.05) is 41.9 Å². The van der Waals surface area contributed by atoms with Gasteiger partial charge in [0.1, 0.15) is 0 Å². The number of aliphatic imine (C=N–C) groups is 1. The average Bonchev–Trinajstić information content (AvgIpc) is 3.02. The number of nitrogens with zero attached hydrogens (tertiary/aromatic N) is 2. The molecule has 0 radical (unpaired) electrons. The molecular weight excluding hydrogens is 457 g/mol. The van der Waals surface area contributed by atoms with Crippen LogP contribution in [0.3, 0.4) is 0 Å². The summed E-state index contributed by atoms with van der Waals surface area (Å²) in [5.74, 6) is 3.76. The summed E-state index contributed by atoms with van der Waals surface area (Å²) in [5, 5.41) is 3.40. The number of hydrogen-bond acceptors (Lipinski definition) is 2. The first-order chi connectivity index (χ1) is 12.1. The summed E-state index contributed by atoms with van der Waals surface area (Å²) >= 11 is 0. The van der Waals surface area contributed by atoms with Crippen LogP contribution in [0.5, 0.6) is 0 Å². The molecule has 0 aromatic heterocycles. The van der Waals surface area contributed by atoms with Gasteiger partial charge in [-0.15, -0.1) is 24.0 Å². The maximum atomic E-state index is 12.3. The Labute approximate surface area is 178 Å². The lowest BCUT2D eigenvalue weighted by Gasteiger charge is -2.22. The van der Waals surface area contributed by atoms with Crippen molar-refractivity contribution in [2.75, 3.05) is 31.9 Å². The van der Waals surface area contributed by atoms with Crippen LogP contribution in [0, 0.1) is 11.8 Å². The largest absolute Gasteiger partial charge is 0.357 e. The van der Waals surface area contributed by atoms with E-state index in [1.54, 1.807) is 0 Å². The summed E-state index contributed by atoms with van der Waals surface area (Å²) in [6.45, 7) is 10.4. The normalized spacial score (nSPS) is 18.7. The molecule has 2 atom stereocenters. The summed E-state index contributed by atoms with van der Waals surface area (Å²) in [6.07, 6.45) is 2.54. The number of nitrogens with one attached hydrogen (secondary N) is 1. The Bertz CT molecular complexity index is 565. The van der Waals surface area contributed by atoms with E-state index in [1.165, 1.54) is 12.8 Å². The molecule has 6 heteroatoms. The quantitative estimate of drug-likeness (QED) is 0.341. The molecule has 2 unspecified atom stereocenters. The van der Waals surface area contributed by atoms with Crippen molar-refractivity contribution in [3.8, 4) is 0 Å². The number of halogens is 1. The predicted molar refractivity (Wildman–Crippen MR) is 124 cm³/mol. The second-order valence-corrected chi connectivity index (χ2v) is 8.82. The molecule has 1 aliphatic heterocycles. The number of likely N-dealkylation sites (tertiary alicyclic amines) is 1. The molecule has 1 fully saturated rings. The van der Waals surface area contributed by atoms with Gasteiger partial charge in [0.2, 0.25) is 0 Å². The molecule has 1 aliphatic rings. The fourth-order valence-electron chi connectivity index (χ4n) is 3.40. The van der Waals surface area contributed by atoms with E-state index < -0.39 is 10.8 Å². The van der Waals surface area contributed by atoms with Gasteiger partial charge in [-0.3, -0.25) is 9.20 Å². The van der Waals surface area contributed by atoms with Crippen molar-refractivity contribution in [1.82, 2.24) is 10.2 Å². The first-order valence-electron chi connectivity index (χ1n) is 9.50. The number of guanidine groups is 1. The highest BCUT2D eigenvalue weighted by Gasteiger charge is 2.25. The molecule has 0 bridgehead atoms. The van der Waals surface area contributed by atoms with E-state index in [1.807, 2.05) is 30.3 Å². The summed E-state index contributed by atoms with van der Waals surface area (Å²) in [4.78, 5) is 7.10. The van der Waals surface area contributed by atoms with E-state index in [-0.39, 0.29) is 24.0 Å². The van der Waals surface area contributed by atoms with Crippen LogP contribution in [0.15, 0.2) is 35.3 Å². The van der Waals surface area contributed by atoms with E-state index in [0.29, 0.717) is 18.1 Å². The van der Waals surface area contributed by atoms with Gasteiger partial charge in [-0.05, 0) is 37.2 Å². The third-order valence-corrected chi connectivity index (χ3v) is 5.77. The molecule has 1 aromatic carbocycles. The molecule has 4 nitrogen and oxygen atoms in total. The van der Waals surface area contributed by atoms with E-state index in [9.17, 15) is 4.21 Å². The predicted octanol–water partition coefficient (Wildman–Crippen LogP) is 3.89. The van der Waals surface area contributed by atoms with Gasteiger partial charge in [0.25, 0.3) is 0 Å². The van der Waals surface area contributed by atoms with Gasteiger partial charge < -0.3 is 10.2 Å². The zero-order valence-corrected chi connectivity index (χ0v) is 19.5. The Morgan fingerprint density at radius 1 is 1.35 bits per heavy atom. The highest BCUT2D eigenvalue weighted by atomic mass is 127. The number of hydrogen-bond donors (Lipinski definition) is 1. The van der Waals surface area contributed by atoms with Crippen LogP contribution >= 0.6 is 24.0 Å². The SMILES string of the molecule is CCNC(=NCCS(=O)Cc1ccccc1)N1CCC(CC(C)C)C1.I. The van der Waals surface area contributed by atoms with E-state index in [0.717, 1.165) is 43.0 Å². The van der Waals surface area contributed by atoms with Crippen LogP contribution < -0.4 is 5.32 Å². The first-order valence-corrected chi connectivity index (χ1v) is 11.0. The van der Waals surface area contributed by atoms with Crippen molar-refractivity contribution in [1.29, 1.82) is 0 Å². The molecule has 1 aromatic rings. The molecule has 0 amide bonds. The van der Waals surface area contributed by atoms with Crippen molar-refractivity contribution in [2.24, 2.45) is 16.8 Å². The minimum atomic E-state index is -0.861. The van der Waals surface area contributed by atoms with Crippen molar-refractivity contribution >= 4 is 40.7 Å². The molecule has 148 valence electrons. The lowest BCUT2D eigenvalue weighted by molar-refractivity contribution is 0.404. The van der Waals surface area contributed by atoms with Gasteiger partial charge in [-0.1, -0.05) is 44.2 Å². The van der Waals surface area contributed by atoms with E-state index >= 15 is 0 Å². The highest BCUT2D eigenvalue weighted by Crippen LogP contribution is 2.23. The van der Waals surface area contributed by atoms with Crippen molar-refractivity contribution in [3.63, 3.8) is 0 Å². The highest BCUT2D eigenvalue weighted by molar-refractivity contribution is 14.0. The maximum Gasteiger partial charge on any atom is 0.193 e. The van der Waals surface area contributed by atoms with Crippen molar-refractivity contribution < 1.29 is 4.21 Å². The summed E-state index contributed by atoms with van der Waals surface area (Å²) in [5.41, 5.74) is 1.13. The summed E-state index contributed by atoms with van der Waals surface area (Å²) in [6, 6.07) is 10.0. The Morgan fingerprint density at radius 2 is 2.08 bits per heavy atom. The minimum Gasteiger partial charge on any atom is -0.357 e. The molecule has 2 rings (SSSR count). The van der Waals surface area contributed by atoms with Crippen LogP contribution in [0.2, 0.25) is 0 Å². The second-order valence-electron chi connectivity index (χ2n) is 7.24. The topological polar surface area (TPSA) is 44.7 Å². The Balaban J connectivity index is 0.00000338. The lowest BCUT2D eigenvalue weighted by atomic mass is 9.97. The Morgan fingerprint density at radius 3 is 2.73 bits per heavy atom. The molecule has 0 aliphatic carbocycles. The van der Waals surface area contributed by atoms with Crippen LogP contribution in [0.25, 0.3) is 0 Å². The van der Waals surface area contributed by atoms with E-state index in [4.69, 9.17) is 4.99 Å². The Hall–Kier alpha value is -0.630. The number of benzene rings is 1. The lowest BCUT2D eigenvalue weighted by Crippen LogP contribution is -2.40. The van der Waals surface area contributed by atoms with Crippen LogP contribution in [0.1, 0.15) is 39.2 Å². The summed E-state index contributed by atoms with van der Waals surface area (Å²) < 4.78 is 12.3. The minimum absolute atomic E-state index is 0. The standard InChI is InChI=1S/C20H33N3OS.HI/c1-4-21-20(23-12-10-19(15-23)14-17(2)3)22-11-13-25(24)16-18-8-6-5-7-9-18;/h5-9,17,19H,4,10-16H2,1-3H3,(H,21,22);1H. The van der Waals surface area contributed by atoms with Gasteiger partial charge in [-0.25, -0.2) is 0 Å². The monoisotopic (exact) mass is 491 g/mol. The molecule has 0 spiro atoms. The molecule has 26 heavy (non-hydrogen) atoms.